The lowest BCUT2D eigenvalue weighted by molar-refractivity contribution is 1.39. The molecule has 0 aromatic heterocycles. The lowest BCUT2D eigenvalue weighted by atomic mass is 10.1. The molecule has 1 nitrogen and oxygen atoms in total. The molecule has 0 aliphatic rings. The van der Waals surface area contributed by atoms with Gasteiger partial charge in [0.25, 0.3) is 0 Å². The smallest absolute Gasteiger partial charge is 0.0820 e. The minimum absolute atomic E-state index is 0.704. The predicted octanol–water partition coefficient (Wildman–Crippen LogP) is 2.47. The summed E-state index contributed by atoms with van der Waals surface area (Å²) in [5, 5.41) is 0. The first-order valence-electron chi connectivity index (χ1n) is 3.98. The number of rotatable bonds is 1. The van der Waals surface area contributed by atoms with Crippen LogP contribution in [-0.4, -0.2) is 0 Å². The number of nitrogens with two attached hydrogens (primary N) is 1. The molecule has 0 bridgehead atoms. The van der Waals surface area contributed by atoms with Crippen molar-refractivity contribution in [1.29, 1.82) is 0 Å². The van der Waals surface area contributed by atoms with Gasteiger partial charge in [-0.2, -0.15) is 0 Å². The molecule has 12 heavy (non-hydrogen) atoms. The van der Waals surface area contributed by atoms with E-state index in [9.17, 15) is 0 Å². The van der Waals surface area contributed by atoms with Crippen molar-refractivity contribution in [2.24, 2.45) is 5.73 Å². The molecule has 0 unspecified atom stereocenters. The van der Waals surface area contributed by atoms with Crippen LogP contribution in [0.1, 0.15) is 18.1 Å². The van der Waals surface area contributed by atoms with Gasteiger partial charge in [0.05, 0.1) is 5.70 Å². The third-order valence-electron chi connectivity index (χ3n) is 1.74. The van der Waals surface area contributed by atoms with Crippen molar-refractivity contribution in [3.63, 3.8) is 0 Å². The molecule has 0 saturated carbocycles. The molecule has 0 fully saturated rings. The van der Waals surface area contributed by atoms with E-state index in [2.05, 4.69) is 5.73 Å². The van der Waals surface area contributed by atoms with E-state index < -0.39 is 0 Å². The summed E-state index contributed by atoms with van der Waals surface area (Å²) >= 11 is 0. The topological polar surface area (TPSA) is 26.0 Å². The fourth-order valence-corrected chi connectivity index (χ4v) is 1.11. The molecule has 0 saturated heterocycles. The molecule has 0 amide bonds. The zero-order valence-electron chi connectivity index (χ0n) is 7.46. The zero-order valence-corrected chi connectivity index (χ0v) is 7.46. The van der Waals surface area contributed by atoms with Crippen LogP contribution in [0.3, 0.4) is 0 Å². The van der Waals surface area contributed by atoms with Gasteiger partial charge in [-0.3, -0.25) is 0 Å². The Morgan fingerprint density at radius 1 is 1.42 bits per heavy atom. The van der Waals surface area contributed by atoms with Crippen LogP contribution in [0.5, 0.6) is 0 Å². The van der Waals surface area contributed by atoms with Gasteiger partial charge in [0.15, 0.2) is 0 Å². The maximum absolute atomic E-state index is 5.78. The SMILES string of the molecule is CC=C=C(N)c1ccccc1C. The van der Waals surface area contributed by atoms with E-state index in [1.165, 1.54) is 5.56 Å². The number of benzene rings is 1. The van der Waals surface area contributed by atoms with Crippen molar-refractivity contribution in [2.75, 3.05) is 0 Å². The summed E-state index contributed by atoms with van der Waals surface area (Å²) in [7, 11) is 0. The van der Waals surface area contributed by atoms with E-state index in [0.29, 0.717) is 5.70 Å². The Balaban J connectivity index is 3.20. The van der Waals surface area contributed by atoms with Gasteiger partial charge in [-0.05, 0) is 25.5 Å². The molecule has 0 radical (unpaired) electrons. The van der Waals surface area contributed by atoms with Crippen LogP contribution in [0.2, 0.25) is 0 Å². The van der Waals surface area contributed by atoms with Gasteiger partial charge in [0.2, 0.25) is 0 Å². The van der Waals surface area contributed by atoms with Gasteiger partial charge in [-0.1, -0.05) is 30.0 Å². The molecule has 1 aromatic rings. The Bertz CT molecular complexity index is 331. The molecule has 62 valence electrons. The van der Waals surface area contributed by atoms with Crippen LogP contribution in [-0.2, 0) is 0 Å². The second-order valence-corrected chi connectivity index (χ2v) is 2.66. The molecule has 0 heterocycles. The lowest BCUT2D eigenvalue weighted by Gasteiger charge is -2.01. The molecular weight excluding hydrogens is 146 g/mol. The molecule has 1 rings (SSSR count). The third kappa shape index (κ3) is 1.77. The fraction of sp³-hybridized carbons (Fsp3) is 0.182. The first-order valence-corrected chi connectivity index (χ1v) is 3.98. The third-order valence-corrected chi connectivity index (χ3v) is 1.74. The predicted molar refractivity (Wildman–Crippen MR) is 52.5 cm³/mol. The van der Waals surface area contributed by atoms with Crippen LogP contribution in [0.15, 0.2) is 36.1 Å². The molecule has 0 aliphatic carbocycles. The van der Waals surface area contributed by atoms with Crippen LogP contribution in [0, 0.1) is 6.92 Å². The molecular formula is C11H13N. The van der Waals surface area contributed by atoms with Crippen molar-refractivity contribution in [3.8, 4) is 0 Å². The van der Waals surface area contributed by atoms with Crippen LogP contribution < -0.4 is 5.73 Å². The number of aryl methyl sites for hydroxylation is 1. The average Bonchev–Trinajstić information content (AvgIpc) is 2.05. The van der Waals surface area contributed by atoms with Crippen molar-refractivity contribution in [2.45, 2.75) is 13.8 Å². The number of allylic oxidation sites excluding steroid dienone is 1. The molecule has 0 aliphatic heterocycles. The first-order chi connectivity index (χ1) is 5.75. The normalized spacial score (nSPS) is 8.83. The lowest BCUT2D eigenvalue weighted by Crippen LogP contribution is -1.96. The van der Waals surface area contributed by atoms with E-state index in [-0.39, 0.29) is 0 Å². The van der Waals surface area contributed by atoms with Crippen LogP contribution >= 0.6 is 0 Å². The minimum atomic E-state index is 0.704. The highest BCUT2D eigenvalue weighted by molar-refractivity contribution is 5.64. The van der Waals surface area contributed by atoms with Crippen LogP contribution in [0.25, 0.3) is 5.70 Å². The van der Waals surface area contributed by atoms with E-state index in [4.69, 9.17) is 5.73 Å². The summed E-state index contributed by atoms with van der Waals surface area (Å²) in [6.07, 6.45) is 1.82. The monoisotopic (exact) mass is 159 g/mol. The van der Waals surface area contributed by atoms with Gasteiger partial charge in [-0.25, -0.2) is 0 Å². The standard InChI is InChI=1S/C11H13N/c1-3-6-11(12)10-8-5-4-7-9(10)2/h3-5,7-8H,12H2,1-2H3. The highest BCUT2D eigenvalue weighted by Crippen LogP contribution is 2.12. The average molecular weight is 159 g/mol. The highest BCUT2D eigenvalue weighted by Gasteiger charge is 1.97. The largest absolute Gasteiger partial charge is 0.392 e. The van der Waals surface area contributed by atoms with Gasteiger partial charge >= 0.3 is 0 Å². The molecule has 2 N–H and O–H groups in total. The summed E-state index contributed by atoms with van der Waals surface area (Å²) in [4.78, 5) is 0. The van der Waals surface area contributed by atoms with Gasteiger partial charge in [0.1, 0.15) is 0 Å². The van der Waals surface area contributed by atoms with E-state index in [1.807, 2.05) is 44.2 Å². The van der Waals surface area contributed by atoms with Crippen molar-refractivity contribution in [3.05, 3.63) is 47.2 Å². The first kappa shape index (κ1) is 8.63. The Kier molecular flexibility index (Phi) is 2.73. The van der Waals surface area contributed by atoms with Gasteiger partial charge in [-0.15, -0.1) is 0 Å². The van der Waals surface area contributed by atoms with Crippen LogP contribution in [0.4, 0.5) is 0 Å². The molecule has 0 atom stereocenters. The van der Waals surface area contributed by atoms with E-state index >= 15 is 0 Å². The maximum atomic E-state index is 5.78. The Morgan fingerprint density at radius 2 is 2.08 bits per heavy atom. The second kappa shape index (κ2) is 3.80. The Labute approximate surface area is 73.2 Å². The minimum Gasteiger partial charge on any atom is -0.392 e. The quantitative estimate of drug-likeness (QED) is 0.626. The zero-order chi connectivity index (χ0) is 8.97. The Hall–Kier alpha value is -1.46. The summed E-state index contributed by atoms with van der Waals surface area (Å²) in [6, 6.07) is 8.02. The number of hydrogen-bond donors (Lipinski definition) is 1. The van der Waals surface area contributed by atoms with E-state index in [0.717, 1.165) is 5.56 Å². The maximum Gasteiger partial charge on any atom is 0.0820 e. The summed E-state index contributed by atoms with van der Waals surface area (Å²) in [6.45, 7) is 3.95. The van der Waals surface area contributed by atoms with Crippen molar-refractivity contribution in [1.82, 2.24) is 0 Å². The summed E-state index contributed by atoms with van der Waals surface area (Å²) in [5.41, 5.74) is 11.7. The summed E-state index contributed by atoms with van der Waals surface area (Å²) in [5.74, 6) is 0. The molecule has 0 spiro atoms. The Morgan fingerprint density at radius 3 is 2.67 bits per heavy atom. The van der Waals surface area contributed by atoms with Gasteiger partial charge < -0.3 is 5.73 Å². The van der Waals surface area contributed by atoms with Crippen molar-refractivity contribution >= 4 is 5.70 Å². The van der Waals surface area contributed by atoms with Gasteiger partial charge in [0, 0.05) is 5.56 Å². The molecule has 1 aromatic carbocycles. The molecule has 1 heteroatoms. The van der Waals surface area contributed by atoms with E-state index in [1.54, 1.807) is 0 Å². The summed E-state index contributed by atoms with van der Waals surface area (Å²) < 4.78 is 0. The number of hydrogen-bond acceptors (Lipinski definition) is 1. The fourth-order valence-electron chi connectivity index (χ4n) is 1.11. The highest BCUT2D eigenvalue weighted by atomic mass is 14.6. The van der Waals surface area contributed by atoms with Crippen molar-refractivity contribution < 1.29 is 0 Å². The second-order valence-electron chi connectivity index (χ2n) is 2.66.